The van der Waals surface area contributed by atoms with Crippen LogP contribution in [0.2, 0.25) is 0 Å². The van der Waals surface area contributed by atoms with Gasteiger partial charge in [0.1, 0.15) is 0 Å². The van der Waals surface area contributed by atoms with Crippen molar-refractivity contribution in [3.63, 3.8) is 0 Å². The Balaban J connectivity index is 2.30. The lowest BCUT2D eigenvalue weighted by Crippen LogP contribution is -2.39. The third-order valence-corrected chi connectivity index (χ3v) is 3.29. The van der Waals surface area contributed by atoms with Crippen molar-refractivity contribution in [1.29, 1.82) is 0 Å². The Kier molecular flexibility index (Phi) is 4.26. The SMILES string of the molecule is CCN(SC)C1CCNCC1. The number of piperidine rings is 1. The van der Waals surface area contributed by atoms with Crippen molar-refractivity contribution in [1.82, 2.24) is 9.62 Å². The molecule has 66 valence electrons. The van der Waals surface area contributed by atoms with Gasteiger partial charge in [0.25, 0.3) is 0 Å². The lowest BCUT2D eigenvalue weighted by molar-refractivity contribution is 0.292. The molecule has 0 aromatic rings. The van der Waals surface area contributed by atoms with Gasteiger partial charge < -0.3 is 5.32 Å². The molecule has 0 saturated carbocycles. The molecule has 0 bridgehead atoms. The predicted molar refractivity (Wildman–Crippen MR) is 51.8 cm³/mol. The molecule has 0 unspecified atom stereocenters. The molecule has 0 atom stereocenters. The van der Waals surface area contributed by atoms with Crippen molar-refractivity contribution in [2.75, 3.05) is 25.9 Å². The number of nitrogens with one attached hydrogen (secondary N) is 1. The molecule has 1 saturated heterocycles. The van der Waals surface area contributed by atoms with Crippen molar-refractivity contribution >= 4 is 11.9 Å². The molecular weight excluding hydrogens is 156 g/mol. The average Bonchev–Trinajstić information content (AvgIpc) is 2.09. The van der Waals surface area contributed by atoms with Crippen LogP contribution in [0.25, 0.3) is 0 Å². The third kappa shape index (κ3) is 2.65. The second kappa shape index (κ2) is 5.01. The summed E-state index contributed by atoms with van der Waals surface area (Å²) in [7, 11) is 0. The van der Waals surface area contributed by atoms with E-state index >= 15 is 0 Å². The molecule has 0 aromatic heterocycles. The quantitative estimate of drug-likeness (QED) is 0.650. The Morgan fingerprint density at radius 2 is 2.09 bits per heavy atom. The summed E-state index contributed by atoms with van der Waals surface area (Å²) in [5.41, 5.74) is 0. The first kappa shape index (κ1) is 9.36. The van der Waals surface area contributed by atoms with Gasteiger partial charge in [0, 0.05) is 12.6 Å². The summed E-state index contributed by atoms with van der Waals surface area (Å²) in [4.78, 5) is 0. The monoisotopic (exact) mass is 174 g/mol. The maximum Gasteiger partial charge on any atom is 0.0226 e. The second-order valence-electron chi connectivity index (χ2n) is 2.90. The molecule has 1 N–H and O–H groups in total. The highest BCUT2D eigenvalue weighted by atomic mass is 32.2. The first-order valence-corrected chi connectivity index (χ1v) is 5.58. The number of hydrogen-bond donors (Lipinski definition) is 1. The molecule has 1 fully saturated rings. The van der Waals surface area contributed by atoms with E-state index in [1.807, 2.05) is 11.9 Å². The van der Waals surface area contributed by atoms with Crippen LogP contribution < -0.4 is 5.32 Å². The minimum absolute atomic E-state index is 0.816. The van der Waals surface area contributed by atoms with Crippen molar-refractivity contribution < 1.29 is 0 Å². The molecule has 0 radical (unpaired) electrons. The van der Waals surface area contributed by atoms with Crippen molar-refractivity contribution in [3.05, 3.63) is 0 Å². The first-order chi connectivity index (χ1) is 5.38. The van der Waals surface area contributed by atoms with E-state index in [1.165, 1.54) is 32.5 Å². The van der Waals surface area contributed by atoms with Gasteiger partial charge in [-0.1, -0.05) is 18.9 Å². The molecule has 0 spiro atoms. The maximum absolute atomic E-state index is 3.38. The molecule has 3 heteroatoms. The van der Waals surface area contributed by atoms with Crippen LogP contribution in [0, 0.1) is 0 Å². The summed E-state index contributed by atoms with van der Waals surface area (Å²) in [6.45, 7) is 5.80. The summed E-state index contributed by atoms with van der Waals surface area (Å²) in [5.74, 6) is 0. The number of hydrogen-bond acceptors (Lipinski definition) is 3. The van der Waals surface area contributed by atoms with E-state index in [0.29, 0.717) is 0 Å². The first-order valence-electron chi connectivity index (χ1n) is 4.40. The lowest BCUT2D eigenvalue weighted by Gasteiger charge is -2.31. The van der Waals surface area contributed by atoms with Crippen molar-refractivity contribution in [3.8, 4) is 0 Å². The Hall–Kier alpha value is 0.270. The molecule has 1 aliphatic heterocycles. The van der Waals surface area contributed by atoms with E-state index in [4.69, 9.17) is 0 Å². The summed E-state index contributed by atoms with van der Waals surface area (Å²) in [6, 6.07) is 0.816. The fourth-order valence-corrected chi connectivity index (χ4v) is 2.40. The summed E-state index contributed by atoms with van der Waals surface area (Å²) < 4.78 is 2.49. The van der Waals surface area contributed by atoms with E-state index in [9.17, 15) is 0 Å². The standard InChI is InChI=1S/C8H18N2S/c1-3-10(11-2)8-4-6-9-7-5-8/h8-9H,3-7H2,1-2H3. The topological polar surface area (TPSA) is 15.3 Å². The molecule has 1 heterocycles. The van der Waals surface area contributed by atoms with Gasteiger partial charge in [-0.15, -0.1) is 0 Å². The fourth-order valence-electron chi connectivity index (χ4n) is 1.63. The van der Waals surface area contributed by atoms with Gasteiger partial charge in [-0.3, -0.25) is 0 Å². The zero-order valence-electron chi connectivity index (χ0n) is 7.47. The molecule has 1 aliphatic rings. The lowest BCUT2D eigenvalue weighted by atomic mass is 10.1. The molecule has 2 nitrogen and oxygen atoms in total. The summed E-state index contributed by atoms with van der Waals surface area (Å²) in [6.07, 6.45) is 4.80. The van der Waals surface area contributed by atoms with E-state index in [0.717, 1.165) is 6.04 Å². The van der Waals surface area contributed by atoms with Crippen LogP contribution in [0.4, 0.5) is 0 Å². The largest absolute Gasteiger partial charge is 0.317 e. The fraction of sp³-hybridized carbons (Fsp3) is 1.00. The van der Waals surface area contributed by atoms with Crippen LogP contribution >= 0.6 is 11.9 Å². The van der Waals surface area contributed by atoms with Crippen LogP contribution in [0.1, 0.15) is 19.8 Å². The third-order valence-electron chi connectivity index (χ3n) is 2.26. The van der Waals surface area contributed by atoms with Gasteiger partial charge in [-0.25, -0.2) is 4.31 Å². The summed E-state index contributed by atoms with van der Waals surface area (Å²) in [5, 5.41) is 3.38. The number of rotatable bonds is 3. The predicted octanol–water partition coefficient (Wildman–Crippen LogP) is 1.34. The molecule has 1 rings (SSSR count). The van der Waals surface area contributed by atoms with Gasteiger partial charge in [0.2, 0.25) is 0 Å². The highest BCUT2D eigenvalue weighted by Gasteiger charge is 2.18. The minimum Gasteiger partial charge on any atom is -0.317 e. The maximum atomic E-state index is 3.38. The van der Waals surface area contributed by atoms with Crippen LogP contribution in [0.15, 0.2) is 0 Å². The Bertz CT molecular complexity index is 98.3. The van der Waals surface area contributed by atoms with Crippen molar-refractivity contribution in [2.24, 2.45) is 0 Å². The zero-order chi connectivity index (χ0) is 8.10. The van der Waals surface area contributed by atoms with Crippen molar-refractivity contribution in [2.45, 2.75) is 25.8 Å². The van der Waals surface area contributed by atoms with Gasteiger partial charge in [-0.2, -0.15) is 0 Å². The van der Waals surface area contributed by atoms with Crippen LogP contribution in [-0.4, -0.2) is 36.2 Å². The van der Waals surface area contributed by atoms with Crippen LogP contribution in [0.5, 0.6) is 0 Å². The Morgan fingerprint density at radius 3 is 2.55 bits per heavy atom. The average molecular weight is 174 g/mol. The zero-order valence-corrected chi connectivity index (χ0v) is 8.28. The Morgan fingerprint density at radius 1 is 1.45 bits per heavy atom. The molecular formula is C8H18N2S. The van der Waals surface area contributed by atoms with Gasteiger partial charge in [0.15, 0.2) is 0 Å². The molecule has 0 aliphatic carbocycles. The molecule has 11 heavy (non-hydrogen) atoms. The second-order valence-corrected chi connectivity index (χ2v) is 3.73. The van der Waals surface area contributed by atoms with Gasteiger partial charge >= 0.3 is 0 Å². The van der Waals surface area contributed by atoms with E-state index in [2.05, 4.69) is 22.8 Å². The van der Waals surface area contributed by atoms with Gasteiger partial charge in [0.05, 0.1) is 0 Å². The highest BCUT2D eigenvalue weighted by Crippen LogP contribution is 2.17. The Labute approximate surface area is 73.9 Å². The van der Waals surface area contributed by atoms with Gasteiger partial charge in [-0.05, 0) is 32.2 Å². The van der Waals surface area contributed by atoms with E-state index < -0.39 is 0 Å². The summed E-state index contributed by atoms with van der Waals surface area (Å²) >= 11 is 1.88. The minimum atomic E-state index is 0.816. The highest BCUT2D eigenvalue weighted by molar-refractivity contribution is 7.96. The van der Waals surface area contributed by atoms with E-state index in [-0.39, 0.29) is 0 Å². The van der Waals surface area contributed by atoms with Crippen LogP contribution in [-0.2, 0) is 0 Å². The molecule has 0 aromatic carbocycles. The molecule has 0 amide bonds. The van der Waals surface area contributed by atoms with E-state index in [1.54, 1.807) is 0 Å². The van der Waals surface area contributed by atoms with Crippen LogP contribution in [0.3, 0.4) is 0 Å². The normalized spacial score (nSPS) is 21.0. The smallest absolute Gasteiger partial charge is 0.0226 e. The number of nitrogens with zero attached hydrogens (tertiary/aromatic N) is 1.